The first-order chi connectivity index (χ1) is 14.7. The van der Waals surface area contributed by atoms with Gasteiger partial charge in [0.05, 0.1) is 12.7 Å². The summed E-state index contributed by atoms with van der Waals surface area (Å²) in [6.45, 7) is 3.39. The zero-order chi connectivity index (χ0) is 22.2. The molecule has 0 spiro atoms. The van der Waals surface area contributed by atoms with Crippen LogP contribution in [0.4, 0.5) is 13.2 Å². The van der Waals surface area contributed by atoms with Gasteiger partial charge in [-0.15, -0.1) is 10.2 Å². The molecule has 0 unspecified atom stereocenters. The average Bonchev–Trinajstić information content (AvgIpc) is 3.45. The second kappa shape index (κ2) is 7.66. The molecule has 0 radical (unpaired) electrons. The fraction of sp³-hybridized carbons (Fsp3) is 0.222. The van der Waals surface area contributed by atoms with Crippen molar-refractivity contribution < 1.29 is 22.4 Å². The summed E-state index contributed by atoms with van der Waals surface area (Å²) in [6, 6.07) is 7.67. The van der Waals surface area contributed by atoms with Crippen molar-refractivity contribution in [1.29, 1.82) is 0 Å². The highest BCUT2D eigenvalue weighted by Gasteiger charge is 2.35. The topological polar surface area (TPSA) is 127 Å². The smallest absolute Gasteiger partial charge is 0.439 e. The summed E-state index contributed by atoms with van der Waals surface area (Å²) in [5, 5.41) is 11.7. The lowest BCUT2D eigenvalue weighted by atomic mass is 10.1. The third-order valence-electron chi connectivity index (χ3n) is 4.19. The van der Waals surface area contributed by atoms with Crippen LogP contribution >= 0.6 is 0 Å². The van der Waals surface area contributed by atoms with E-state index in [2.05, 4.69) is 30.5 Å². The number of aromatic nitrogens is 7. The summed E-state index contributed by atoms with van der Waals surface area (Å²) in [5.74, 6) is -1.64. The third kappa shape index (κ3) is 4.29. The second-order valence-electron chi connectivity index (χ2n) is 6.54. The normalized spacial score (nSPS) is 11.6. The number of aryl methyl sites for hydroxylation is 2. The molecule has 3 heterocycles. The number of hydrogen-bond acceptors (Lipinski definition) is 7. The maximum absolute atomic E-state index is 12.7. The first-order valence-corrected chi connectivity index (χ1v) is 8.94. The Bertz CT molecular complexity index is 1220. The Labute approximate surface area is 172 Å². The Hall–Kier alpha value is -4.03. The van der Waals surface area contributed by atoms with Crippen molar-refractivity contribution >= 4 is 5.91 Å². The lowest BCUT2D eigenvalue weighted by Crippen LogP contribution is -2.24. The number of rotatable bonds is 5. The zero-order valence-electron chi connectivity index (χ0n) is 16.2. The molecule has 0 fully saturated rings. The molecule has 1 aromatic carbocycles. The number of H-pyrrole nitrogens is 1. The molecule has 0 atom stereocenters. The minimum atomic E-state index is -4.69. The van der Waals surface area contributed by atoms with Gasteiger partial charge in [-0.1, -0.05) is 29.8 Å². The van der Waals surface area contributed by atoms with Crippen LogP contribution in [0.5, 0.6) is 0 Å². The first kappa shape index (κ1) is 20.3. The molecule has 160 valence electrons. The van der Waals surface area contributed by atoms with Gasteiger partial charge in [0.2, 0.25) is 17.5 Å². The molecule has 2 N–H and O–H groups in total. The van der Waals surface area contributed by atoms with Crippen molar-refractivity contribution in [1.82, 2.24) is 40.2 Å². The van der Waals surface area contributed by atoms with Crippen LogP contribution in [-0.2, 0) is 12.7 Å². The maximum Gasteiger partial charge on any atom is 0.451 e. The Balaban J connectivity index is 1.43. The lowest BCUT2D eigenvalue weighted by molar-refractivity contribution is -0.144. The zero-order valence-corrected chi connectivity index (χ0v) is 16.2. The van der Waals surface area contributed by atoms with Crippen molar-refractivity contribution in [3.63, 3.8) is 0 Å². The van der Waals surface area contributed by atoms with Crippen molar-refractivity contribution in [2.24, 2.45) is 0 Å². The number of carbonyl (C=O) groups is 1. The summed E-state index contributed by atoms with van der Waals surface area (Å²) in [5.41, 5.74) is 1.95. The molecule has 0 saturated heterocycles. The molecule has 0 saturated carbocycles. The van der Waals surface area contributed by atoms with Gasteiger partial charge in [-0.2, -0.15) is 22.8 Å². The molecule has 31 heavy (non-hydrogen) atoms. The summed E-state index contributed by atoms with van der Waals surface area (Å²) < 4.78 is 44.6. The number of oxazole rings is 1. The minimum absolute atomic E-state index is 0.0306. The van der Waals surface area contributed by atoms with Crippen LogP contribution in [0, 0.1) is 13.8 Å². The van der Waals surface area contributed by atoms with Crippen LogP contribution < -0.4 is 5.32 Å². The predicted molar refractivity (Wildman–Crippen MR) is 98.9 cm³/mol. The highest BCUT2D eigenvalue weighted by atomic mass is 19.4. The molecule has 0 bridgehead atoms. The van der Waals surface area contributed by atoms with Gasteiger partial charge < -0.3 is 9.73 Å². The maximum atomic E-state index is 12.7. The number of nitrogens with one attached hydrogen (secondary N) is 2. The highest BCUT2D eigenvalue weighted by Crippen LogP contribution is 2.26. The first-order valence-electron chi connectivity index (χ1n) is 8.94. The molecule has 0 aliphatic heterocycles. The molecule has 10 nitrogen and oxygen atoms in total. The standard InChI is InChI=1S/C18H15F3N8O2/c1-9-3-5-11(6-4-9)12-7-22-13(31-12)8-23-15(30)14-24-10(2)29(28-14)17-25-16(26-27-17)18(19,20)21/h3-7H,8H2,1-2H3,(H,23,30)(H,25,26,27). The summed E-state index contributed by atoms with van der Waals surface area (Å²) in [4.78, 5) is 23.7. The SMILES string of the molecule is Cc1ccc(-c2cnc(CNC(=O)c3nc(C)n(-c4n[nH]c(C(F)(F)F)n4)n3)o2)cc1. The minimum Gasteiger partial charge on any atom is -0.439 e. The van der Waals surface area contributed by atoms with Gasteiger partial charge in [-0.05, 0) is 13.8 Å². The van der Waals surface area contributed by atoms with Gasteiger partial charge in [-0.25, -0.2) is 9.97 Å². The van der Waals surface area contributed by atoms with E-state index in [0.717, 1.165) is 15.8 Å². The third-order valence-corrected chi connectivity index (χ3v) is 4.19. The molecule has 0 aliphatic carbocycles. The van der Waals surface area contributed by atoms with Crippen LogP contribution in [-0.4, -0.2) is 40.8 Å². The van der Waals surface area contributed by atoms with Gasteiger partial charge in [0, 0.05) is 5.56 Å². The summed E-state index contributed by atoms with van der Waals surface area (Å²) in [6.07, 6.45) is -3.14. The Morgan fingerprint density at radius 2 is 1.94 bits per heavy atom. The van der Waals surface area contributed by atoms with E-state index in [9.17, 15) is 18.0 Å². The van der Waals surface area contributed by atoms with Gasteiger partial charge in [0.25, 0.3) is 11.9 Å². The number of benzene rings is 1. The van der Waals surface area contributed by atoms with E-state index in [1.807, 2.05) is 31.2 Å². The van der Waals surface area contributed by atoms with Gasteiger partial charge in [0.15, 0.2) is 5.76 Å². The molecular weight excluding hydrogens is 417 g/mol. The van der Waals surface area contributed by atoms with E-state index in [4.69, 9.17) is 4.42 Å². The van der Waals surface area contributed by atoms with Crippen molar-refractivity contribution in [2.45, 2.75) is 26.6 Å². The molecule has 1 amide bonds. The molecular formula is C18H15F3N8O2. The number of aromatic amines is 1. The highest BCUT2D eigenvalue weighted by molar-refractivity contribution is 5.90. The second-order valence-corrected chi connectivity index (χ2v) is 6.54. The quantitative estimate of drug-likeness (QED) is 0.496. The molecule has 4 aromatic rings. The number of hydrogen-bond donors (Lipinski definition) is 2. The van der Waals surface area contributed by atoms with Crippen molar-refractivity contribution in [2.75, 3.05) is 0 Å². The monoisotopic (exact) mass is 432 g/mol. The number of nitrogens with zero attached hydrogens (tertiary/aromatic N) is 6. The number of amides is 1. The van der Waals surface area contributed by atoms with Crippen LogP contribution in [0.2, 0.25) is 0 Å². The van der Waals surface area contributed by atoms with E-state index in [-0.39, 0.29) is 30.0 Å². The largest absolute Gasteiger partial charge is 0.451 e. The van der Waals surface area contributed by atoms with Crippen molar-refractivity contribution in [3.8, 4) is 17.3 Å². The Morgan fingerprint density at radius 1 is 1.19 bits per heavy atom. The number of carbonyl (C=O) groups excluding carboxylic acids is 1. The van der Waals surface area contributed by atoms with E-state index in [1.165, 1.54) is 6.92 Å². The molecule has 0 aliphatic rings. The molecule has 3 aromatic heterocycles. The average molecular weight is 432 g/mol. The van der Waals surface area contributed by atoms with E-state index < -0.39 is 17.9 Å². The van der Waals surface area contributed by atoms with E-state index in [0.29, 0.717) is 5.76 Å². The van der Waals surface area contributed by atoms with E-state index in [1.54, 1.807) is 11.3 Å². The number of halogens is 3. The van der Waals surface area contributed by atoms with Crippen LogP contribution in [0.3, 0.4) is 0 Å². The molecule has 4 rings (SSSR count). The lowest BCUT2D eigenvalue weighted by Gasteiger charge is -1.99. The van der Waals surface area contributed by atoms with Crippen LogP contribution in [0.1, 0.15) is 33.7 Å². The fourth-order valence-electron chi connectivity index (χ4n) is 2.63. The van der Waals surface area contributed by atoms with Gasteiger partial charge >= 0.3 is 6.18 Å². The fourth-order valence-corrected chi connectivity index (χ4v) is 2.63. The Kier molecular flexibility index (Phi) is 5.01. The van der Waals surface area contributed by atoms with Gasteiger partial charge in [0.1, 0.15) is 5.82 Å². The summed E-state index contributed by atoms with van der Waals surface area (Å²) in [7, 11) is 0. The van der Waals surface area contributed by atoms with E-state index >= 15 is 0 Å². The van der Waals surface area contributed by atoms with Crippen LogP contribution in [0.15, 0.2) is 34.9 Å². The molecule has 13 heteroatoms. The number of alkyl halides is 3. The van der Waals surface area contributed by atoms with Crippen molar-refractivity contribution in [3.05, 3.63) is 59.4 Å². The predicted octanol–water partition coefficient (Wildman–Crippen LogP) is 2.61. The summed E-state index contributed by atoms with van der Waals surface area (Å²) >= 11 is 0. The Morgan fingerprint density at radius 3 is 2.61 bits per heavy atom. The van der Waals surface area contributed by atoms with Gasteiger partial charge in [-0.3, -0.25) is 9.89 Å². The van der Waals surface area contributed by atoms with Crippen LogP contribution in [0.25, 0.3) is 17.3 Å².